The highest BCUT2D eigenvalue weighted by Gasteiger charge is 2.27. The molecule has 0 aliphatic carbocycles. The fourth-order valence-corrected chi connectivity index (χ4v) is 4.59. The van der Waals surface area contributed by atoms with Gasteiger partial charge in [-0.2, -0.15) is 0 Å². The molecule has 34 heavy (non-hydrogen) atoms. The second-order valence-electron chi connectivity index (χ2n) is 8.27. The average molecular weight is 482 g/mol. The maximum atomic E-state index is 13.5. The lowest BCUT2D eigenvalue weighted by atomic mass is 10.2. The van der Waals surface area contributed by atoms with E-state index >= 15 is 0 Å². The van der Waals surface area contributed by atoms with Gasteiger partial charge < -0.3 is 19.9 Å². The van der Waals surface area contributed by atoms with Crippen molar-refractivity contribution in [2.75, 3.05) is 25.0 Å². The molecule has 1 atom stereocenters. The minimum absolute atomic E-state index is 0.0783. The monoisotopic (exact) mass is 481 g/mol. The van der Waals surface area contributed by atoms with Crippen molar-refractivity contribution in [2.45, 2.75) is 32.0 Å². The predicted octanol–water partition coefficient (Wildman–Crippen LogP) is 5.13. The molecule has 8 heteroatoms. The highest BCUT2D eigenvalue weighted by atomic mass is 32.1. The summed E-state index contributed by atoms with van der Waals surface area (Å²) in [6, 6.07) is 18.9. The first-order valence-corrected chi connectivity index (χ1v) is 12.2. The van der Waals surface area contributed by atoms with Gasteiger partial charge in [-0.05, 0) is 54.1 Å². The van der Waals surface area contributed by atoms with Gasteiger partial charge in [0.2, 0.25) is 5.91 Å². The first-order chi connectivity index (χ1) is 16.6. The third kappa shape index (κ3) is 6.88. The fraction of sp³-hybridized carbons (Fsp3) is 0.308. The Kier molecular flexibility index (Phi) is 8.27. The standard InChI is InChI=1S/C26H28FN3O3S/c27-21-12-10-20(11-13-21)16-29(18-24-9-5-15-34-24)25(31)19-30(17-23-8-4-14-33-23)26(32)28-22-6-2-1-3-7-22/h1-3,5-7,9-13,15,23H,4,8,14,16-19H2,(H,28,32). The van der Waals surface area contributed by atoms with Crippen LogP contribution in [0, 0.1) is 5.82 Å². The molecular weight excluding hydrogens is 453 g/mol. The van der Waals surface area contributed by atoms with E-state index in [1.165, 1.54) is 17.0 Å². The molecule has 6 nitrogen and oxygen atoms in total. The molecule has 1 saturated heterocycles. The molecule has 0 bridgehead atoms. The van der Waals surface area contributed by atoms with Crippen LogP contribution in [0.15, 0.2) is 72.1 Å². The van der Waals surface area contributed by atoms with Gasteiger partial charge in [-0.1, -0.05) is 36.4 Å². The molecule has 1 aliphatic rings. The van der Waals surface area contributed by atoms with Crippen molar-refractivity contribution in [3.63, 3.8) is 0 Å². The number of hydrogen-bond donors (Lipinski definition) is 1. The summed E-state index contributed by atoms with van der Waals surface area (Å²) in [5.41, 5.74) is 1.49. The smallest absolute Gasteiger partial charge is 0.322 e. The number of nitrogens with zero attached hydrogens (tertiary/aromatic N) is 2. The topological polar surface area (TPSA) is 61.9 Å². The van der Waals surface area contributed by atoms with Gasteiger partial charge in [-0.25, -0.2) is 9.18 Å². The van der Waals surface area contributed by atoms with Crippen molar-refractivity contribution in [2.24, 2.45) is 0 Å². The number of nitrogens with one attached hydrogen (secondary N) is 1. The number of urea groups is 1. The van der Waals surface area contributed by atoms with E-state index in [4.69, 9.17) is 4.74 Å². The summed E-state index contributed by atoms with van der Waals surface area (Å²) in [4.78, 5) is 30.9. The number of para-hydroxylation sites is 1. The highest BCUT2D eigenvalue weighted by Crippen LogP contribution is 2.18. The predicted molar refractivity (Wildman–Crippen MR) is 131 cm³/mol. The van der Waals surface area contributed by atoms with Gasteiger partial charge in [-0.15, -0.1) is 11.3 Å². The van der Waals surface area contributed by atoms with E-state index in [0.717, 1.165) is 23.3 Å². The van der Waals surface area contributed by atoms with Crippen LogP contribution in [0.4, 0.5) is 14.9 Å². The lowest BCUT2D eigenvalue weighted by Gasteiger charge is -2.29. The SMILES string of the molecule is O=C(CN(CC1CCCO1)C(=O)Nc1ccccc1)N(Cc1ccc(F)cc1)Cc1cccs1. The van der Waals surface area contributed by atoms with Crippen molar-refractivity contribution in [3.8, 4) is 0 Å². The van der Waals surface area contributed by atoms with Crippen molar-refractivity contribution >= 4 is 29.0 Å². The Morgan fingerprint density at radius 1 is 1.00 bits per heavy atom. The van der Waals surface area contributed by atoms with E-state index in [1.807, 2.05) is 47.8 Å². The van der Waals surface area contributed by atoms with Crippen molar-refractivity contribution < 1.29 is 18.7 Å². The van der Waals surface area contributed by atoms with Gasteiger partial charge in [0.15, 0.2) is 0 Å². The van der Waals surface area contributed by atoms with Crippen molar-refractivity contribution in [1.82, 2.24) is 9.80 Å². The average Bonchev–Trinajstić information content (AvgIpc) is 3.55. The van der Waals surface area contributed by atoms with Crippen LogP contribution < -0.4 is 5.32 Å². The normalized spacial score (nSPS) is 15.1. The number of hydrogen-bond acceptors (Lipinski definition) is 4. The van der Waals surface area contributed by atoms with Crippen LogP contribution in [0.1, 0.15) is 23.3 Å². The maximum Gasteiger partial charge on any atom is 0.322 e. The molecule has 1 fully saturated rings. The van der Waals surface area contributed by atoms with Gasteiger partial charge in [0.05, 0.1) is 12.6 Å². The Bertz CT molecular complexity index is 1050. The van der Waals surface area contributed by atoms with Crippen LogP contribution in [-0.2, 0) is 22.6 Å². The van der Waals surface area contributed by atoms with Crippen LogP contribution in [0.25, 0.3) is 0 Å². The summed E-state index contributed by atoms with van der Waals surface area (Å²) in [6.07, 6.45) is 1.72. The molecule has 0 saturated carbocycles. The van der Waals surface area contributed by atoms with Crippen LogP contribution in [-0.4, -0.2) is 47.5 Å². The number of amides is 3. The van der Waals surface area contributed by atoms with Gasteiger partial charge in [0.1, 0.15) is 12.4 Å². The van der Waals surface area contributed by atoms with Gasteiger partial charge in [0.25, 0.3) is 0 Å². The quantitative estimate of drug-likeness (QED) is 0.461. The lowest BCUT2D eigenvalue weighted by molar-refractivity contribution is -0.133. The van der Waals surface area contributed by atoms with Crippen molar-refractivity contribution in [1.29, 1.82) is 0 Å². The summed E-state index contributed by atoms with van der Waals surface area (Å²) in [6.45, 7) is 1.67. The second-order valence-corrected chi connectivity index (χ2v) is 9.30. The molecule has 1 unspecified atom stereocenters. The molecular formula is C26H28FN3O3S. The lowest BCUT2D eigenvalue weighted by Crippen LogP contribution is -2.46. The molecule has 1 aromatic heterocycles. The number of benzene rings is 2. The zero-order chi connectivity index (χ0) is 23.8. The van der Waals surface area contributed by atoms with E-state index in [2.05, 4.69) is 5.32 Å². The Morgan fingerprint density at radius 3 is 2.47 bits per heavy atom. The summed E-state index contributed by atoms with van der Waals surface area (Å²) < 4.78 is 19.1. The number of thiophene rings is 1. The molecule has 2 aromatic carbocycles. The van der Waals surface area contributed by atoms with Gasteiger partial charge in [0, 0.05) is 30.3 Å². The van der Waals surface area contributed by atoms with Crippen molar-refractivity contribution in [3.05, 3.63) is 88.4 Å². The van der Waals surface area contributed by atoms with E-state index < -0.39 is 0 Å². The molecule has 4 rings (SSSR count). The number of anilines is 1. The Morgan fingerprint density at radius 2 is 1.79 bits per heavy atom. The largest absolute Gasteiger partial charge is 0.376 e. The first-order valence-electron chi connectivity index (χ1n) is 11.3. The number of halogens is 1. The molecule has 0 radical (unpaired) electrons. The molecule has 178 valence electrons. The molecule has 1 N–H and O–H groups in total. The van der Waals surface area contributed by atoms with Crippen LogP contribution in [0.3, 0.4) is 0 Å². The molecule has 2 heterocycles. The van der Waals surface area contributed by atoms with E-state index in [-0.39, 0.29) is 30.4 Å². The zero-order valence-electron chi connectivity index (χ0n) is 18.9. The van der Waals surface area contributed by atoms with Gasteiger partial charge >= 0.3 is 6.03 Å². The molecule has 3 amide bonds. The number of rotatable bonds is 9. The first kappa shape index (κ1) is 23.9. The van der Waals surface area contributed by atoms with E-state index in [0.29, 0.717) is 31.9 Å². The van der Waals surface area contributed by atoms with Crippen LogP contribution in [0.2, 0.25) is 0 Å². The maximum absolute atomic E-state index is 13.5. The number of carbonyl (C=O) groups is 2. The second kappa shape index (κ2) is 11.8. The molecule has 1 aliphatic heterocycles. The third-order valence-electron chi connectivity index (χ3n) is 5.65. The highest BCUT2D eigenvalue weighted by molar-refractivity contribution is 7.09. The van der Waals surface area contributed by atoms with E-state index in [1.54, 1.807) is 28.4 Å². The summed E-state index contributed by atoms with van der Waals surface area (Å²) in [5.74, 6) is -0.501. The Balaban J connectivity index is 1.50. The summed E-state index contributed by atoms with van der Waals surface area (Å²) in [7, 11) is 0. The number of carbonyl (C=O) groups excluding carboxylic acids is 2. The Labute approximate surface area is 203 Å². The Hall–Kier alpha value is -3.23. The summed E-state index contributed by atoms with van der Waals surface area (Å²) >= 11 is 1.57. The minimum Gasteiger partial charge on any atom is -0.376 e. The summed E-state index contributed by atoms with van der Waals surface area (Å²) in [5, 5.41) is 4.85. The zero-order valence-corrected chi connectivity index (χ0v) is 19.7. The van der Waals surface area contributed by atoms with E-state index in [9.17, 15) is 14.0 Å². The molecule has 0 spiro atoms. The van der Waals surface area contributed by atoms with Crippen LogP contribution in [0.5, 0.6) is 0 Å². The molecule has 3 aromatic rings. The minimum atomic E-state index is -0.340. The number of ether oxygens (including phenoxy) is 1. The van der Waals surface area contributed by atoms with Crippen LogP contribution >= 0.6 is 11.3 Å². The third-order valence-corrected chi connectivity index (χ3v) is 6.51. The fourth-order valence-electron chi connectivity index (χ4n) is 3.87. The van der Waals surface area contributed by atoms with Gasteiger partial charge in [-0.3, -0.25) is 4.79 Å².